The summed E-state index contributed by atoms with van der Waals surface area (Å²) >= 11 is 0. The molecule has 2 N–H and O–H groups in total. The number of nitrogens with two attached hydrogens (primary N) is 1. The lowest BCUT2D eigenvalue weighted by atomic mass is 10.2. The number of anilines is 1. The molecule has 2 heterocycles. The molecular weight excluding hydrogens is 206 g/mol. The minimum Gasteiger partial charge on any atom is -0.353 e. The van der Waals surface area contributed by atoms with Gasteiger partial charge in [-0.1, -0.05) is 0 Å². The summed E-state index contributed by atoms with van der Waals surface area (Å²) in [6.45, 7) is 3.49. The summed E-state index contributed by atoms with van der Waals surface area (Å²) in [6, 6.07) is 0. The van der Waals surface area contributed by atoms with Gasteiger partial charge in [-0.25, -0.2) is 9.97 Å². The fourth-order valence-electron chi connectivity index (χ4n) is 1.82. The molecule has 86 valence electrons. The van der Waals surface area contributed by atoms with Gasteiger partial charge in [0.2, 0.25) is 6.41 Å². The second kappa shape index (κ2) is 4.89. The lowest BCUT2D eigenvalue weighted by Crippen LogP contribution is -2.46. The monoisotopic (exact) mass is 221 g/mol. The highest BCUT2D eigenvalue weighted by atomic mass is 16.1. The van der Waals surface area contributed by atoms with Crippen molar-refractivity contribution in [2.45, 2.75) is 6.54 Å². The maximum Gasteiger partial charge on any atom is 0.209 e. The average molecular weight is 221 g/mol. The summed E-state index contributed by atoms with van der Waals surface area (Å²) < 4.78 is 0. The number of carbonyl (C=O) groups excluding carboxylic acids is 1. The Labute approximate surface area is 94.1 Å². The number of carbonyl (C=O) groups is 1. The van der Waals surface area contributed by atoms with E-state index in [4.69, 9.17) is 5.73 Å². The third-order valence-corrected chi connectivity index (χ3v) is 2.75. The van der Waals surface area contributed by atoms with Crippen molar-refractivity contribution < 1.29 is 4.79 Å². The third kappa shape index (κ3) is 2.11. The molecule has 0 aromatic carbocycles. The third-order valence-electron chi connectivity index (χ3n) is 2.75. The number of hydrogen-bond acceptors (Lipinski definition) is 5. The van der Waals surface area contributed by atoms with Gasteiger partial charge in [-0.05, 0) is 0 Å². The molecule has 16 heavy (non-hydrogen) atoms. The van der Waals surface area contributed by atoms with Crippen molar-refractivity contribution in [3.05, 3.63) is 18.1 Å². The summed E-state index contributed by atoms with van der Waals surface area (Å²) in [5.74, 6) is 0.892. The molecule has 6 heteroatoms. The van der Waals surface area contributed by atoms with Crippen LogP contribution in [0, 0.1) is 0 Å². The molecule has 0 spiro atoms. The van der Waals surface area contributed by atoms with E-state index in [9.17, 15) is 4.79 Å². The largest absolute Gasteiger partial charge is 0.353 e. The minimum atomic E-state index is 0.435. The van der Waals surface area contributed by atoms with Gasteiger partial charge in [0.1, 0.15) is 12.1 Å². The van der Waals surface area contributed by atoms with Gasteiger partial charge in [-0.2, -0.15) is 0 Å². The number of rotatable bonds is 3. The van der Waals surface area contributed by atoms with Gasteiger partial charge in [-0.3, -0.25) is 4.79 Å². The standard InChI is InChI=1S/C10H15N5O/c11-5-9-6-12-7-13-10(9)15-3-1-14(8-16)2-4-15/h6-8H,1-5,11H2. The summed E-state index contributed by atoms with van der Waals surface area (Å²) in [6.07, 6.45) is 4.16. The Morgan fingerprint density at radius 2 is 2.12 bits per heavy atom. The van der Waals surface area contributed by atoms with Crippen molar-refractivity contribution in [3.8, 4) is 0 Å². The van der Waals surface area contributed by atoms with Crippen molar-refractivity contribution in [2.24, 2.45) is 5.73 Å². The predicted octanol–water partition coefficient (Wildman–Crippen LogP) is -0.786. The summed E-state index contributed by atoms with van der Waals surface area (Å²) in [7, 11) is 0. The first kappa shape index (κ1) is 10.8. The van der Waals surface area contributed by atoms with Crippen LogP contribution in [-0.4, -0.2) is 47.5 Å². The summed E-state index contributed by atoms with van der Waals surface area (Å²) in [5.41, 5.74) is 6.58. The van der Waals surface area contributed by atoms with E-state index in [1.807, 2.05) is 0 Å². The van der Waals surface area contributed by atoms with Gasteiger partial charge in [0.25, 0.3) is 0 Å². The van der Waals surface area contributed by atoms with E-state index in [1.165, 1.54) is 6.33 Å². The van der Waals surface area contributed by atoms with Crippen molar-refractivity contribution in [1.82, 2.24) is 14.9 Å². The molecule has 0 saturated carbocycles. The van der Waals surface area contributed by atoms with Crippen LogP contribution in [0.3, 0.4) is 0 Å². The van der Waals surface area contributed by atoms with Gasteiger partial charge in [0.15, 0.2) is 0 Å². The molecule has 0 bridgehead atoms. The predicted molar refractivity (Wildman–Crippen MR) is 59.8 cm³/mol. The second-order valence-electron chi connectivity index (χ2n) is 3.70. The molecule has 1 amide bonds. The molecule has 1 saturated heterocycles. The molecule has 1 aromatic rings. The van der Waals surface area contributed by atoms with Gasteiger partial charge >= 0.3 is 0 Å². The van der Waals surface area contributed by atoms with E-state index >= 15 is 0 Å². The van der Waals surface area contributed by atoms with Gasteiger partial charge in [0.05, 0.1) is 0 Å². The molecule has 1 aliphatic heterocycles. The van der Waals surface area contributed by atoms with Crippen LogP contribution in [0.5, 0.6) is 0 Å². The lowest BCUT2D eigenvalue weighted by molar-refractivity contribution is -0.118. The Morgan fingerprint density at radius 3 is 2.75 bits per heavy atom. The van der Waals surface area contributed by atoms with Crippen LogP contribution in [0.25, 0.3) is 0 Å². The minimum absolute atomic E-state index is 0.435. The molecule has 1 fully saturated rings. The molecule has 0 atom stereocenters. The molecule has 0 aliphatic carbocycles. The first-order valence-corrected chi connectivity index (χ1v) is 5.28. The average Bonchev–Trinajstić information content (AvgIpc) is 2.39. The first-order chi connectivity index (χ1) is 7.85. The quantitative estimate of drug-likeness (QED) is 0.677. The Morgan fingerprint density at radius 1 is 1.38 bits per heavy atom. The Bertz CT molecular complexity index is 362. The van der Waals surface area contributed by atoms with Crippen molar-refractivity contribution in [2.75, 3.05) is 31.1 Å². The van der Waals surface area contributed by atoms with E-state index in [2.05, 4.69) is 14.9 Å². The Hall–Kier alpha value is -1.69. The summed E-state index contributed by atoms with van der Waals surface area (Å²) in [5, 5.41) is 0. The van der Waals surface area contributed by atoms with Crippen LogP contribution in [0.15, 0.2) is 12.5 Å². The SMILES string of the molecule is NCc1cncnc1N1CCN(C=O)CC1. The van der Waals surface area contributed by atoms with Crippen LogP contribution in [0.1, 0.15) is 5.56 Å². The number of nitrogens with zero attached hydrogens (tertiary/aromatic N) is 4. The van der Waals surface area contributed by atoms with Crippen molar-refractivity contribution >= 4 is 12.2 Å². The zero-order chi connectivity index (χ0) is 11.4. The second-order valence-corrected chi connectivity index (χ2v) is 3.70. The highest BCUT2D eigenvalue weighted by molar-refractivity contribution is 5.50. The fraction of sp³-hybridized carbons (Fsp3) is 0.500. The molecule has 2 rings (SSSR count). The molecule has 1 aliphatic rings. The highest BCUT2D eigenvalue weighted by Gasteiger charge is 2.18. The van der Waals surface area contributed by atoms with Crippen LogP contribution < -0.4 is 10.6 Å². The van der Waals surface area contributed by atoms with Gasteiger partial charge in [0, 0.05) is 44.5 Å². The lowest BCUT2D eigenvalue weighted by Gasteiger charge is -2.34. The number of hydrogen-bond donors (Lipinski definition) is 1. The topological polar surface area (TPSA) is 75.3 Å². The summed E-state index contributed by atoms with van der Waals surface area (Å²) in [4.78, 5) is 22.7. The van der Waals surface area contributed by atoms with E-state index in [0.29, 0.717) is 6.54 Å². The van der Waals surface area contributed by atoms with Crippen LogP contribution in [0.4, 0.5) is 5.82 Å². The number of amides is 1. The van der Waals surface area contributed by atoms with E-state index in [1.54, 1.807) is 11.1 Å². The van der Waals surface area contributed by atoms with Crippen molar-refractivity contribution in [1.29, 1.82) is 0 Å². The van der Waals surface area contributed by atoms with Crippen LogP contribution in [0.2, 0.25) is 0 Å². The maximum atomic E-state index is 10.6. The molecular formula is C10H15N5O. The zero-order valence-electron chi connectivity index (χ0n) is 9.04. The Balaban J connectivity index is 2.10. The normalized spacial score (nSPS) is 16.3. The van der Waals surface area contributed by atoms with E-state index in [-0.39, 0.29) is 0 Å². The Kier molecular flexibility index (Phi) is 3.31. The maximum absolute atomic E-state index is 10.6. The van der Waals surface area contributed by atoms with Crippen LogP contribution in [-0.2, 0) is 11.3 Å². The fourth-order valence-corrected chi connectivity index (χ4v) is 1.82. The highest BCUT2D eigenvalue weighted by Crippen LogP contribution is 2.16. The number of piperazine rings is 1. The molecule has 0 unspecified atom stereocenters. The smallest absolute Gasteiger partial charge is 0.209 e. The molecule has 1 aromatic heterocycles. The number of aromatic nitrogens is 2. The van der Waals surface area contributed by atoms with E-state index < -0.39 is 0 Å². The molecule has 6 nitrogen and oxygen atoms in total. The van der Waals surface area contributed by atoms with Crippen LogP contribution >= 0.6 is 0 Å². The first-order valence-electron chi connectivity index (χ1n) is 5.28. The molecule has 0 radical (unpaired) electrons. The van der Waals surface area contributed by atoms with Gasteiger partial charge in [-0.15, -0.1) is 0 Å². The van der Waals surface area contributed by atoms with Gasteiger partial charge < -0.3 is 15.5 Å². The van der Waals surface area contributed by atoms with E-state index in [0.717, 1.165) is 44.0 Å². The van der Waals surface area contributed by atoms with Crippen molar-refractivity contribution in [3.63, 3.8) is 0 Å². The zero-order valence-corrected chi connectivity index (χ0v) is 9.04.